The molecule has 0 fully saturated rings. The molecule has 0 bridgehead atoms. The molecule has 8 heteroatoms. The number of carbonyl (C=O) groups is 3. The fourth-order valence-electron chi connectivity index (χ4n) is 6.59. The van der Waals surface area contributed by atoms with Crippen LogP contribution in [0.4, 0.5) is 15.8 Å². The zero-order valence-electron chi connectivity index (χ0n) is 30.2. The Labute approximate surface area is 313 Å². The maximum absolute atomic E-state index is 13.3. The molecule has 2 aliphatic rings. The van der Waals surface area contributed by atoms with Crippen molar-refractivity contribution in [1.29, 1.82) is 0 Å². The van der Waals surface area contributed by atoms with Crippen molar-refractivity contribution >= 4 is 40.4 Å². The summed E-state index contributed by atoms with van der Waals surface area (Å²) >= 11 is 0. The monoisotopic (exact) mass is 712 g/mol. The third-order valence-corrected chi connectivity index (χ3v) is 9.59. The van der Waals surface area contributed by atoms with Gasteiger partial charge in [0, 0.05) is 41.9 Å². The van der Waals surface area contributed by atoms with Crippen LogP contribution in [0.25, 0.3) is 22.3 Å². The first-order valence-corrected chi connectivity index (χ1v) is 17.6. The molecule has 0 radical (unpaired) electrons. The number of fused-ring (bicyclic) bond motifs is 2. The summed E-state index contributed by atoms with van der Waals surface area (Å²) in [5, 5.41) is 0. The molecule has 0 saturated carbocycles. The lowest BCUT2D eigenvalue weighted by Gasteiger charge is -2.19. The predicted octanol–water partition coefficient (Wildman–Crippen LogP) is 8.68. The van der Waals surface area contributed by atoms with Crippen LogP contribution < -0.4 is 9.80 Å². The van der Waals surface area contributed by atoms with Gasteiger partial charge in [-0.15, -0.1) is 0 Å². The molecule has 0 unspecified atom stereocenters. The molecule has 8 rings (SSSR count). The van der Waals surface area contributed by atoms with Crippen LogP contribution in [-0.4, -0.2) is 56.2 Å². The summed E-state index contributed by atoms with van der Waals surface area (Å²) in [6.45, 7) is 1.69. The summed E-state index contributed by atoms with van der Waals surface area (Å²) in [6.07, 6.45) is 0. The average molecular weight is 713 g/mol. The van der Waals surface area contributed by atoms with E-state index in [1.165, 1.54) is 12.1 Å². The second kappa shape index (κ2) is 15.4. The van der Waals surface area contributed by atoms with Gasteiger partial charge in [-0.3, -0.25) is 24.4 Å². The first-order valence-electron chi connectivity index (χ1n) is 17.6. The van der Waals surface area contributed by atoms with Gasteiger partial charge >= 0.3 is 0 Å². The number of hydrogen-bond acceptors (Lipinski definition) is 5. The molecule has 0 aromatic heterocycles. The van der Waals surface area contributed by atoms with Crippen molar-refractivity contribution < 1.29 is 18.8 Å². The third kappa shape index (κ3) is 7.41. The highest BCUT2D eigenvalue weighted by molar-refractivity contribution is 6.21. The molecule has 6 aromatic rings. The molecular formula is C46H37FN4O3. The maximum atomic E-state index is 13.3. The molecule has 0 atom stereocenters. The summed E-state index contributed by atoms with van der Waals surface area (Å²) in [5.41, 5.74) is 11.3. The van der Waals surface area contributed by atoms with Gasteiger partial charge in [-0.1, -0.05) is 91.0 Å². The summed E-state index contributed by atoms with van der Waals surface area (Å²) in [5.74, 6) is -0.431. The summed E-state index contributed by atoms with van der Waals surface area (Å²) in [7, 11) is 3.53. The van der Waals surface area contributed by atoms with Crippen LogP contribution >= 0.6 is 0 Å². The van der Waals surface area contributed by atoms with Crippen LogP contribution in [0, 0.1) is 5.82 Å². The molecule has 7 nitrogen and oxygen atoms in total. The van der Waals surface area contributed by atoms with Crippen molar-refractivity contribution in [2.24, 2.45) is 9.98 Å². The number of benzodiazepines with no additional fused rings is 2. The number of Topliss-reactive ketones (excluding diaryl/α,β-unsaturated/α-hetero) is 1. The molecule has 0 spiro atoms. The summed E-state index contributed by atoms with van der Waals surface area (Å²) < 4.78 is 13.3. The van der Waals surface area contributed by atoms with E-state index in [9.17, 15) is 18.8 Å². The van der Waals surface area contributed by atoms with E-state index in [-0.39, 0.29) is 36.5 Å². The van der Waals surface area contributed by atoms with Crippen molar-refractivity contribution in [3.8, 4) is 22.3 Å². The average Bonchev–Trinajstić information content (AvgIpc) is 3.42. The highest BCUT2D eigenvalue weighted by Gasteiger charge is 2.25. The van der Waals surface area contributed by atoms with Gasteiger partial charge in [-0.05, 0) is 83.8 Å². The van der Waals surface area contributed by atoms with Crippen molar-refractivity contribution in [3.63, 3.8) is 0 Å². The minimum atomic E-state index is -0.297. The molecule has 266 valence electrons. The number of nitrogens with zero attached hydrogens (tertiary/aromatic N) is 4. The van der Waals surface area contributed by atoms with Crippen molar-refractivity contribution in [3.05, 3.63) is 179 Å². The number of aliphatic imine (C=N–C) groups is 2. The number of anilines is 2. The Hall–Kier alpha value is -6.80. The molecule has 2 amide bonds. The molecule has 0 aliphatic carbocycles. The third-order valence-electron chi connectivity index (χ3n) is 9.59. The number of likely N-dealkylation sites (N-methyl/N-ethyl adjacent to an activating group) is 2. The molecule has 54 heavy (non-hydrogen) atoms. The van der Waals surface area contributed by atoms with Crippen LogP contribution in [0.2, 0.25) is 0 Å². The normalized spacial score (nSPS) is 13.7. The van der Waals surface area contributed by atoms with Crippen molar-refractivity contribution in [1.82, 2.24) is 0 Å². The molecule has 0 saturated heterocycles. The van der Waals surface area contributed by atoms with E-state index >= 15 is 0 Å². The van der Waals surface area contributed by atoms with Gasteiger partial charge in [0.1, 0.15) is 18.9 Å². The Bertz CT molecular complexity index is 2440. The van der Waals surface area contributed by atoms with Gasteiger partial charge in [0.2, 0.25) is 11.8 Å². The second-order valence-electron chi connectivity index (χ2n) is 13.1. The second-order valence-corrected chi connectivity index (χ2v) is 13.1. The number of hydrogen-bond donors (Lipinski definition) is 0. The lowest BCUT2D eigenvalue weighted by molar-refractivity contribution is -0.117. The van der Waals surface area contributed by atoms with Crippen LogP contribution in [0.15, 0.2) is 156 Å². The smallest absolute Gasteiger partial charge is 0.248 e. The van der Waals surface area contributed by atoms with E-state index in [0.717, 1.165) is 61.6 Å². The SMILES string of the molecule is CC(=O)c1cccc(C2=NCC(=O)N(C)c3ccc(-c4ccccc4)cc32)c1.CN1C(=O)CN=C(c2ccc(F)cc2)c2cc(-c3ccccc3)ccc21. The Balaban J connectivity index is 0.000000167. The van der Waals surface area contributed by atoms with Gasteiger partial charge in [0.15, 0.2) is 5.78 Å². The maximum Gasteiger partial charge on any atom is 0.248 e. The van der Waals surface area contributed by atoms with Crippen LogP contribution in [0.3, 0.4) is 0 Å². The van der Waals surface area contributed by atoms with E-state index in [4.69, 9.17) is 0 Å². The van der Waals surface area contributed by atoms with Gasteiger partial charge in [-0.25, -0.2) is 4.39 Å². The van der Waals surface area contributed by atoms with E-state index in [1.54, 1.807) is 49.0 Å². The lowest BCUT2D eigenvalue weighted by atomic mass is 9.94. The predicted molar refractivity (Wildman–Crippen MR) is 214 cm³/mol. The fourth-order valence-corrected chi connectivity index (χ4v) is 6.59. The number of amides is 2. The molecule has 2 aliphatic heterocycles. The highest BCUT2D eigenvalue weighted by Crippen LogP contribution is 2.33. The van der Waals surface area contributed by atoms with Crippen molar-refractivity contribution in [2.75, 3.05) is 37.0 Å². The van der Waals surface area contributed by atoms with Crippen LogP contribution in [0.5, 0.6) is 0 Å². The first-order chi connectivity index (χ1) is 26.2. The molecule has 6 aromatic carbocycles. The quantitative estimate of drug-likeness (QED) is 0.168. The van der Waals surface area contributed by atoms with Gasteiger partial charge in [0.25, 0.3) is 0 Å². The lowest BCUT2D eigenvalue weighted by Crippen LogP contribution is -2.27. The minimum absolute atomic E-state index is 0.00234. The van der Waals surface area contributed by atoms with E-state index in [1.807, 2.05) is 97.1 Å². The van der Waals surface area contributed by atoms with Crippen LogP contribution in [-0.2, 0) is 9.59 Å². The molecular weight excluding hydrogens is 676 g/mol. The van der Waals surface area contributed by atoms with E-state index in [0.29, 0.717) is 11.3 Å². The van der Waals surface area contributed by atoms with Crippen LogP contribution in [0.1, 0.15) is 39.5 Å². The number of ketones is 1. The number of halogens is 1. The number of benzene rings is 6. The Morgan fingerprint density at radius 2 is 0.963 bits per heavy atom. The largest absolute Gasteiger partial charge is 0.313 e. The zero-order chi connectivity index (χ0) is 37.8. The molecule has 0 N–H and O–H groups in total. The number of carbonyl (C=O) groups excluding carboxylic acids is 3. The van der Waals surface area contributed by atoms with Gasteiger partial charge in [-0.2, -0.15) is 0 Å². The summed E-state index contributed by atoms with van der Waals surface area (Å²) in [6, 6.07) is 45.8. The zero-order valence-corrected chi connectivity index (χ0v) is 30.2. The first kappa shape index (κ1) is 35.6. The Kier molecular flexibility index (Phi) is 10.2. The topological polar surface area (TPSA) is 82.4 Å². The van der Waals surface area contributed by atoms with Gasteiger partial charge < -0.3 is 9.80 Å². The van der Waals surface area contributed by atoms with Crippen molar-refractivity contribution in [2.45, 2.75) is 6.92 Å². The molecule has 2 heterocycles. The van der Waals surface area contributed by atoms with Gasteiger partial charge in [0.05, 0.1) is 22.8 Å². The standard InChI is InChI=1S/C24H20N2O2.C22H17FN2O/c1-16(27)18-9-6-10-20(13-18)24-21-14-19(17-7-4-3-5-8-17)11-12-22(21)26(2)23(28)15-25-24;1-25-20-12-9-17(15-5-3-2-4-6-15)13-19(20)22(24-14-21(25)26)16-7-10-18(23)11-8-16/h3-14H,15H2,1-2H3;2-13H,14H2,1H3. The van der Waals surface area contributed by atoms with E-state index in [2.05, 4.69) is 28.2 Å². The fraction of sp³-hybridized carbons (Fsp3) is 0.109. The Morgan fingerprint density at radius 1 is 0.519 bits per heavy atom. The highest BCUT2D eigenvalue weighted by atomic mass is 19.1. The number of rotatable bonds is 5. The Morgan fingerprint density at radius 3 is 1.44 bits per heavy atom. The van der Waals surface area contributed by atoms with E-state index < -0.39 is 0 Å². The summed E-state index contributed by atoms with van der Waals surface area (Å²) in [4.78, 5) is 49.0. The minimum Gasteiger partial charge on any atom is -0.313 e.